The monoisotopic (exact) mass is 253 g/mol. The Bertz CT molecular complexity index is 419. The van der Waals surface area contributed by atoms with Crippen molar-refractivity contribution in [3.8, 4) is 0 Å². The average Bonchev–Trinajstić information content (AvgIpc) is 2.18. The van der Waals surface area contributed by atoms with E-state index in [0.29, 0.717) is 6.07 Å². The van der Waals surface area contributed by atoms with E-state index in [0.717, 1.165) is 6.07 Å². The summed E-state index contributed by atoms with van der Waals surface area (Å²) >= 11 is 0. The SMILES string of the molecule is O=C(O)CONc1ccc(C(F)(F)F)cc1F. The predicted octanol–water partition coefficient (Wildman–Crippen LogP) is 2.27. The summed E-state index contributed by atoms with van der Waals surface area (Å²) in [5, 5.41) is 8.20. The quantitative estimate of drug-likeness (QED) is 0.638. The standard InChI is InChI=1S/C9H7F4NO3/c10-6-3-5(9(11,12)13)1-2-7(6)14-17-4-8(15)16/h1-3,14H,4H2,(H,15,16). The number of rotatable bonds is 4. The molecule has 94 valence electrons. The van der Waals surface area contributed by atoms with Crippen LogP contribution in [0.2, 0.25) is 0 Å². The van der Waals surface area contributed by atoms with Crippen molar-refractivity contribution in [3.63, 3.8) is 0 Å². The third kappa shape index (κ3) is 3.91. The molecule has 0 aliphatic heterocycles. The molecule has 0 unspecified atom stereocenters. The van der Waals surface area contributed by atoms with E-state index in [4.69, 9.17) is 5.11 Å². The van der Waals surface area contributed by atoms with Crippen molar-refractivity contribution in [3.05, 3.63) is 29.6 Å². The molecule has 0 aromatic heterocycles. The van der Waals surface area contributed by atoms with Crippen LogP contribution in [0.5, 0.6) is 0 Å². The molecule has 1 aromatic carbocycles. The fourth-order valence-corrected chi connectivity index (χ4v) is 0.950. The van der Waals surface area contributed by atoms with Crippen LogP contribution in [0.25, 0.3) is 0 Å². The van der Waals surface area contributed by atoms with E-state index in [1.165, 1.54) is 0 Å². The van der Waals surface area contributed by atoms with Gasteiger partial charge in [-0.05, 0) is 18.2 Å². The van der Waals surface area contributed by atoms with Crippen LogP contribution < -0.4 is 5.48 Å². The summed E-state index contributed by atoms with van der Waals surface area (Å²) in [5.74, 6) is -2.49. The van der Waals surface area contributed by atoms with Crippen molar-refractivity contribution in [2.24, 2.45) is 0 Å². The molecule has 0 amide bonds. The van der Waals surface area contributed by atoms with Crippen LogP contribution in [0.1, 0.15) is 5.56 Å². The summed E-state index contributed by atoms with van der Waals surface area (Å²) in [6.07, 6.45) is -4.64. The number of carbonyl (C=O) groups is 1. The van der Waals surface area contributed by atoms with Crippen LogP contribution >= 0.6 is 0 Å². The lowest BCUT2D eigenvalue weighted by Gasteiger charge is -2.10. The topological polar surface area (TPSA) is 58.6 Å². The Morgan fingerprint density at radius 3 is 2.53 bits per heavy atom. The van der Waals surface area contributed by atoms with Crippen molar-refractivity contribution in [2.75, 3.05) is 12.1 Å². The minimum absolute atomic E-state index is 0.284. The van der Waals surface area contributed by atoms with Gasteiger partial charge >= 0.3 is 12.1 Å². The zero-order valence-corrected chi connectivity index (χ0v) is 8.21. The molecule has 1 aromatic rings. The van der Waals surface area contributed by atoms with Gasteiger partial charge in [0, 0.05) is 0 Å². The molecule has 1 rings (SSSR count). The Kier molecular flexibility index (Phi) is 3.89. The second-order valence-corrected chi connectivity index (χ2v) is 2.98. The van der Waals surface area contributed by atoms with Crippen molar-refractivity contribution >= 4 is 11.7 Å². The first kappa shape index (κ1) is 13.2. The van der Waals surface area contributed by atoms with Gasteiger partial charge in [-0.25, -0.2) is 9.18 Å². The average molecular weight is 253 g/mol. The van der Waals surface area contributed by atoms with Gasteiger partial charge in [-0.1, -0.05) is 0 Å². The van der Waals surface area contributed by atoms with Crippen LogP contribution in [0.4, 0.5) is 23.2 Å². The highest BCUT2D eigenvalue weighted by atomic mass is 19.4. The minimum Gasteiger partial charge on any atom is -0.479 e. The van der Waals surface area contributed by atoms with E-state index in [-0.39, 0.29) is 11.8 Å². The number of hydrogen-bond donors (Lipinski definition) is 2. The number of halogens is 4. The van der Waals surface area contributed by atoms with Crippen molar-refractivity contribution in [2.45, 2.75) is 6.18 Å². The largest absolute Gasteiger partial charge is 0.479 e. The first-order valence-corrected chi connectivity index (χ1v) is 4.27. The maximum Gasteiger partial charge on any atom is 0.416 e. The van der Waals surface area contributed by atoms with E-state index in [1.807, 2.05) is 5.48 Å². The third-order valence-corrected chi connectivity index (χ3v) is 1.67. The second-order valence-electron chi connectivity index (χ2n) is 2.98. The van der Waals surface area contributed by atoms with Gasteiger partial charge < -0.3 is 5.11 Å². The molecule has 0 aliphatic rings. The van der Waals surface area contributed by atoms with E-state index < -0.39 is 30.1 Å². The highest BCUT2D eigenvalue weighted by Gasteiger charge is 2.31. The van der Waals surface area contributed by atoms with Gasteiger partial charge in [-0.15, -0.1) is 0 Å². The molecule has 0 heterocycles. The Morgan fingerprint density at radius 2 is 2.06 bits per heavy atom. The first-order valence-electron chi connectivity index (χ1n) is 4.27. The molecule has 0 radical (unpaired) electrons. The summed E-state index contributed by atoms with van der Waals surface area (Å²) in [6.45, 7) is -0.750. The number of aliphatic carboxylic acids is 1. The molecule has 0 spiro atoms. The Labute approximate surface area is 92.8 Å². The summed E-state index contributed by atoms with van der Waals surface area (Å²) in [4.78, 5) is 14.4. The lowest BCUT2D eigenvalue weighted by Crippen LogP contribution is -2.12. The third-order valence-electron chi connectivity index (χ3n) is 1.67. The van der Waals surface area contributed by atoms with E-state index in [9.17, 15) is 22.4 Å². The maximum absolute atomic E-state index is 13.1. The Hall–Kier alpha value is -1.83. The summed E-state index contributed by atoms with van der Waals surface area (Å²) in [6, 6.07) is 1.74. The summed E-state index contributed by atoms with van der Waals surface area (Å²) in [5.41, 5.74) is 0.384. The molecule has 0 fully saturated rings. The van der Waals surface area contributed by atoms with Crippen molar-refractivity contribution < 1.29 is 32.3 Å². The van der Waals surface area contributed by atoms with Crippen LogP contribution in [-0.4, -0.2) is 17.7 Å². The van der Waals surface area contributed by atoms with Gasteiger partial charge in [0.2, 0.25) is 0 Å². The van der Waals surface area contributed by atoms with Crippen molar-refractivity contribution in [1.82, 2.24) is 0 Å². The van der Waals surface area contributed by atoms with Crippen LogP contribution in [-0.2, 0) is 15.8 Å². The van der Waals surface area contributed by atoms with Crippen LogP contribution in [0.3, 0.4) is 0 Å². The molecule has 4 nitrogen and oxygen atoms in total. The normalized spacial score (nSPS) is 11.3. The molecule has 0 aliphatic carbocycles. The fourth-order valence-electron chi connectivity index (χ4n) is 0.950. The number of nitrogens with one attached hydrogen (secondary N) is 1. The molecule has 0 atom stereocenters. The number of carboxylic acid groups (broad SMARTS) is 1. The number of hydrogen-bond acceptors (Lipinski definition) is 3. The van der Waals surface area contributed by atoms with Gasteiger partial charge in [0.05, 0.1) is 11.3 Å². The molecule has 0 saturated carbocycles. The number of anilines is 1. The fraction of sp³-hybridized carbons (Fsp3) is 0.222. The molecule has 0 bridgehead atoms. The lowest BCUT2D eigenvalue weighted by molar-refractivity contribution is -0.141. The molecule has 2 N–H and O–H groups in total. The van der Waals surface area contributed by atoms with Gasteiger partial charge in [0.1, 0.15) is 5.82 Å². The number of benzene rings is 1. The van der Waals surface area contributed by atoms with Gasteiger partial charge in [0.25, 0.3) is 0 Å². The predicted molar refractivity (Wildman–Crippen MR) is 48.6 cm³/mol. The van der Waals surface area contributed by atoms with Crippen molar-refractivity contribution in [1.29, 1.82) is 0 Å². The minimum atomic E-state index is -4.64. The molecular formula is C9H7F4NO3. The Balaban J connectivity index is 2.73. The van der Waals surface area contributed by atoms with E-state index in [1.54, 1.807) is 0 Å². The maximum atomic E-state index is 13.1. The van der Waals surface area contributed by atoms with E-state index in [2.05, 4.69) is 4.84 Å². The molecular weight excluding hydrogens is 246 g/mol. The molecule has 17 heavy (non-hydrogen) atoms. The van der Waals surface area contributed by atoms with Crippen LogP contribution in [0.15, 0.2) is 18.2 Å². The van der Waals surface area contributed by atoms with E-state index >= 15 is 0 Å². The zero-order valence-electron chi connectivity index (χ0n) is 8.21. The van der Waals surface area contributed by atoms with Gasteiger partial charge in [0.15, 0.2) is 6.61 Å². The van der Waals surface area contributed by atoms with Gasteiger partial charge in [-0.2, -0.15) is 13.2 Å². The zero-order chi connectivity index (χ0) is 13.1. The highest BCUT2D eigenvalue weighted by molar-refractivity contribution is 5.68. The molecule has 0 saturated heterocycles. The number of carboxylic acids is 1. The van der Waals surface area contributed by atoms with Gasteiger partial charge in [-0.3, -0.25) is 10.3 Å². The van der Waals surface area contributed by atoms with Crippen LogP contribution in [0, 0.1) is 5.82 Å². The highest BCUT2D eigenvalue weighted by Crippen LogP contribution is 2.31. The second kappa shape index (κ2) is 5.00. The lowest BCUT2D eigenvalue weighted by atomic mass is 10.2. The summed E-state index contributed by atoms with van der Waals surface area (Å²) in [7, 11) is 0. The number of alkyl halides is 3. The summed E-state index contributed by atoms with van der Waals surface area (Å²) < 4.78 is 49.6. The first-order chi connectivity index (χ1) is 7.80. The smallest absolute Gasteiger partial charge is 0.416 e. The Morgan fingerprint density at radius 1 is 1.41 bits per heavy atom. The molecule has 8 heteroatoms.